The minimum absolute atomic E-state index is 0.151. The lowest BCUT2D eigenvalue weighted by atomic mass is 9.84. The second-order valence-corrected chi connectivity index (χ2v) is 8.75. The van der Waals surface area contributed by atoms with Crippen LogP contribution in [0, 0.1) is 17.8 Å². The van der Waals surface area contributed by atoms with Gasteiger partial charge in [0.1, 0.15) is 0 Å². The molecule has 5 heteroatoms. The molecule has 0 radical (unpaired) electrons. The second-order valence-electron chi connectivity index (χ2n) is 6.74. The molecule has 2 bridgehead atoms. The van der Waals surface area contributed by atoms with Gasteiger partial charge in [-0.3, -0.25) is 0 Å². The van der Waals surface area contributed by atoms with E-state index in [-0.39, 0.29) is 11.8 Å². The number of sulfonamides is 1. The van der Waals surface area contributed by atoms with Gasteiger partial charge in [0, 0.05) is 19.1 Å². The summed E-state index contributed by atoms with van der Waals surface area (Å²) in [6.45, 7) is 1.40. The van der Waals surface area contributed by atoms with E-state index in [0.29, 0.717) is 24.9 Å². The SMILES string of the molecule is NC(CS(=O)(=O)N1CCCCC1)C1CC2CCC1C2. The van der Waals surface area contributed by atoms with E-state index in [4.69, 9.17) is 5.73 Å². The van der Waals surface area contributed by atoms with Gasteiger partial charge in [-0.2, -0.15) is 0 Å². The quantitative estimate of drug-likeness (QED) is 0.853. The maximum absolute atomic E-state index is 12.4. The van der Waals surface area contributed by atoms with Crippen molar-refractivity contribution in [2.75, 3.05) is 18.8 Å². The Balaban J connectivity index is 1.60. The number of nitrogens with two attached hydrogens (primary N) is 1. The van der Waals surface area contributed by atoms with Crippen LogP contribution in [0.25, 0.3) is 0 Å². The standard InChI is InChI=1S/C14H26N2O2S/c15-14(13-9-11-4-5-12(13)8-11)10-19(17,18)16-6-2-1-3-7-16/h11-14H,1-10,15H2. The Hall–Kier alpha value is -0.130. The fourth-order valence-electron chi connectivity index (χ4n) is 4.43. The zero-order valence-corrected chi connectivity index (χ0v) is 12.4. The van der Waals surface area contributed by atoms with Crippen molar-refractivity contribution in [3.8, 4) is 0 Å². The molecule has 4 nitrogen and oxygen atoms in total. The first-order valence-corrected chi connectivity index (χ1v) is 9.40. The third-order valence-electron chi connectivity index (χ3n) is 5.45. The molecule has 3 aliphatic rings. The summed E-state index contributed by atoms with van der Waals surface area (Å²) < 4.78 is 26.5. The van der Waals surface area contributed by atoms with E-state index in [9.17, 15) is 8.42 Å². The van der Waals surface area contributed by atoms with Crippen LogP contribution in [0.2, 0.25) is 0 Å². The van der Waals surface area contributed by atoms with Gasteiger partial charge in [-0.1, -0.05) is 12.8 Å². The summed E-state index contributed by atoms with van der Waals surface area (Å²) in [5.74, 6) is 2.16. The van der Waals surface area contributed by atoms with Crippen molar-refractivity contribution in [1.82, 2.24) is 4.31 Å². The molecule has 3 fully saturated rings. The Morgan fingerprint density at radius 1 is 1.11 bits per heavy atom. The van der Waals surface area contributed by atoms with Crippen LogP contribution in [0.1, 0.15) is 44.9 Å². The van der Waals surface area contributed by atoms with Crippen LogP contribution in [-0.2, 0) is 10.0 Å². The van der Waals surface area contributed by atoms with Gasteiger partial charge in [0.25, 0.3) is 0 Å². The molecule has 0 spiro atoms. The van der Waals surface area contributed by atoms with E-state index in [1.807, 2.05) is 0 Å². The summed E-state index contributed by atoms with van der Waals surface area (Å²) in [5, 5.41) is 0. The average molecular weight is 286 g/mol. The zero-order valence-electron chi connectivity index (χ0n) is 11.6. The van der Waals surface area contributed by atoms with Crippen LogP contribution >= 0.6 is 0 Å². The molecular formula is C14H26N2O2S. The first kappa shape index (κ1) is 13.8. The van der Waals surface area contributed by atoms with Gasteiger partial charge in [-0.05, 0) is 49.9 Å². The molecule has 0 aromatic rings. The molecule has 1 saturated heterocycles. The van der Waals surface area contributed by atoms with Gasteiger partial charge in [0.15, 0.2) is 0 Å². The van der Waals surface area contributed by atoms with Crippen molar-refractivity contribution in [2.24, 2.45) is 23.5 Å². The van der Waals surface area contributed by atoms with Crippen molar-refractivity contribution in [3.05, 3.63) is 0 Å². The minimum Gasteiger partial charge on any atom is -0.326 e. The Morgan fingerprint density at radius 2 is 1.84 bits per heavy atom. The lowest BCUT2D eigenvalue weighted by Crippen LogP contribution is -2.45. The Labute approximate surface area is 116 Å². The van der Waals surface area contributed by atoms with Crippen molar-refractivity contribution < 1.29 is 8.42 Å². The van der Waals surface area contributed by atoms with Crippen LogP contribution in [0.4, 0.5) is 0 Å². The minimum atomic E-state index is -3.13. The summed E-state index contributed by atoms with van der Waals surface area (Å²) in [5.41, 5.74) is 6.25. The monoisotopic (exact) mass is 286 g/mol. The molecule has 0 amide bonds. The lowest BCUT2D eigenvalue weighted by molar-refractivity contribution is 0.288. The van der Waals surface area contributed by atoms with E-state index >= 15 is 0 Å². The molecule has 0 aromatic heterocycles. The van der Waals surface area contributed by atoms with Crippen molar-refractivity contribution in [3.63, 3.8) is 0 Å². The van der Waals surface area contributed by atoms with E-state index in [1.165, 1.54) is 25.7 Å². The van der Waals surface area contributed by atoms with Crippen LogP contribution in [0.5, 0.6) is 0 Å². The highest BCUT2D eigenvalue weighted by molar-refractivity contribution is 7.89. The molecule has 0 aromatic carbocycles. The van der Waals surface area contributed by atoms with Crippen LogP contribution in [0.15, 0.2) is 0 Å². The van der Waals surface area contributed by atoms with Gasteiger partial charge in [0.05, 0.1) is 5.75 Å². The first-order chi connectivity index (χ1) is 9.06. The molecular weight excluding hydrogens is 260 g/mol. The zero-order chi connectivity index (χ0) is 13.5. The van der Waals surface area contributed by atoms with Gasteiger partial charge in [0.2, 0.25) is 10.0 Å². The van der Waals surface area contributed by atoms with Crippen molar-refractivity contribution >= 4 is 10.0 Å². The Bertz CT molecular complexity index is 417. The molecule has 1 heterocycles. The largest absolute Gasteiger partial charge is 0.326 e. The third kappa shape index (κ3) is 2.83. The van der Waals surface area contributed by atoms with Gasteiger partial charge < -0.3 is 5.73 Å². The van der Waals surface area contributed by atoms with E-state index in [0.717, 1.165) is 25.2 Å². The first-order valence-electron chi connectivity index (χ1n) is 7.79. The highest BCUT2D eigenvalue weighted by atomic mass is 32.2. The number of rotatable bonds is 4. The number of hydrogen-bond acceptors (Lipinski definition) is 3. The normalized spacial score (nSPS) is 37.6. The molecule has 19 heavy (non-hydrogen) atoms. The number of nitrogens with zero attached hydrogens (tertiary/aromatic N) is 1. The number of fused-ring (bicyclic) bond motifs is 2. The summed E-state index contributed by atoms with van der Waals surface area (Å²) in [6, 6.07) is -0.151. The van der Waals surface area contributed by atoms with Gasteiger partial charge in [-0.25, -0.2) is 12.7 Å². The molecule has 110 valence electrons. The van der Waals surface area contributed by atoms with Crippen LogP contribution in [0.3, 0.4) is 0 Å². The molecule has 4 atom stereocenters. The summed E-state index contributed by atoms with van der Waals surface area (Å²) in [4.78, 5) is 0. The molecule has 1 aliphatic heterocycles. The topological polar surface area (TPSA) is 63.4 Å². The number of piperidine rings is 1. The van der Waals surface area contributed by atoms with Gasteiger partial charge >= 0.3 is 0 Å². The summed E-state index contributed by atoms with van der Waals surface area (Å²) >= 11 is 0. The molecule has 3 rings (SSSR count). The van der Waals surface area contributed by atoms with Gasteiger partial charge in [-0.15, -0.1) is 0 Å². The maximum atomic E-state index is 12.4. The smallest absolute Gasteiger partial charge is 0.215 e. The van der Waals surface area contributed by atoms with E-state index in [2.05, 4.69) is 0 Å². The van der Waals surface area contributed by atoms with Crippen molar-refractivity contribution in [1.29, 1.82) is 0 Å². The summed E-state index contributed by atoms with van der Waals surface area (Å²) in [7, 11) is -3.13. The Morgan fingerprint density at radius 3 is 2.42 bits per heavy atom. The van der Waals surface area contributed by atoms with E-state index < -0.39 is 10.0 Å². The molecule has 2 aliphatic carbocycles. The van der Waals surface area contributed by atoms with Crippen LogP contribution in [-0.4, -0.2) is 37.6 Å². The Kier molecular flexibility index (Phi) is 3.89. The lowest BCUT2D eigenvalue weighted by Gasteiger charge is -2.31. The average Bonchev–Trinajstić information content (AvgIpc) is 3.01. The molecule has 4 unspecified atom stereocenters. The second kappa shape index (κ2) is 5.34. The predicted octanol–water partition coefficient (Wildman–Crippen LogP) is 1.57. The van der Waals surface area contributed by atoms with Crippen molar-refractivity contribution in [2.45, 2.75) is 51.0 Å². The van der Waals surface area contributed by atoms with E-state index in [1.54, 1.807) is 4.31 Å². The fraction of sp³-hybridized carbons (Fsp3) is 1.00. The highest BCUT2D eigenvalue weighted by Crippen LogP contribution is 2.49. The third-order valence-corrected chi connectivity index (χ3v) is 7.41. The molecule has 2 N–H and O–H groups in total. The predicted molar refractivity (Wildman–Crippen MR) is 76.1 cm³/mol. The summed E-state index contributed by atoms with van der Waals surface area (Å²) in [6.07, 6.45) is 8.23. The number of hydrogen-bond donors (Lipinski definition) is 1. The highest BCUT2D eigenvalue weighted by Gasteiger charge is 2.43. The van der Waals surface area contributed by atoms with Crippen LogP contribution < -0.4 is 5.73 Å². The maximum Gasteiger partial charge on any atom is 0.215 e. The molecule has 2 saturated carbocycles. The fourth-order valence-corrected chi connectivity index (χ4v) is 6.19.